The van der Waals surface area contributed by atoms with Crippen molar-refractivity contribution in [1.82, 2.24) is 10.3 Å². The molecular weight excluding hydrogens is 338 g/mol. The molecule has 2 amide bonds. The topological polar surface area (TPSA) is 90.9 Å². The highest BCUT2D eigenvalue weighted by Gasteiger charge is 2.13. The van der Waals surface area contributed by atoms with Gasteiger partial charge in [-0.05, 0) is 30.2 Å². The van der Waals surface area contributed by atoms with Gasteiger partial charge in [0.15, 0.2) is 11.5 Å². The van der Waals surface area contributed by atoms with Crippen molar-refractivity contribution in [3.05, 3.63) is 42.1 Å². The van der Waals surface area contributed by atoms with Crippen molar-refractivity contribution in [2.75, 3.05) is 39.0 Å². The molecule has 0 aliphatic carbocycles. The standard InChI is InChI=1S/C18H21N3O5/c1-23-8-9-24-17-11-14(5-7-19-17)21-18(22)20-6-4-13-2-3-15-16(10-13)26-12-25-15/h2-3,5,7,10-11H,4,6,8-9,12H2,1H3,(H2,19,20,21,22). The molecule has 2 aromatic rings. The predicted octanol–water partition coefficient (Wildman–Crippen LogP) is 2.20. The summed E-state index contributed by atoms with van der Waals surface area (Å²) in [6, 6.07) is 8.82. The zero-order valence-corrected chi connectivity index (χ0v) is 14.5. The number of aromatic nitrogens is 1. The highest BCUT2D eigenvalue weighted by Crippen LogP contribution is 2.32. The number of anilines is 1. The first-order valence-electron chi connectivity index (χ1n) is 8.26. The van der Waals surface area contributed by atoms with Crippen LogP contribution >= 0.6 is 0 Å². The second-order valence-electron chi connectivity index (χ2n) is 5.54. The van der Waals surface area contributed by atoms with Crippen LogP contribution in [0.15, 0.2) is 36.5 Å². The summed E-state index contributed by atoms with van der Waals surface area (Å²) in [5.41, 5.74) is 1.67. The van der Waals surface area contributed by atoms with Crippen molar-refractivity contribution in [3.63, 3.8) is 0 Å². The quantitative estimate of drug-likeness (QED) is 0.702. The third-order valence-electron chi connectivity index (χ3n) is 3.67. The van der Waals surface area contributed by atoms with Gasteiger partial charge in [0, 0.05) is 31.6 Å². The number of nitrogens with zero attached hydrogens (tertiary/aromatic N) is 1. The number of amides is 2. The molecular formula is C18H21N3O5. The van der Waals surface area contributed by atoms with Crippen molar-refractivity contribution in [2.24, 2.45) is 0 Å². The van der Waals surface area contributed by atoms with Gasteiger partial charge in [0.1, 0.15) is 6.61 Å². The van der Waals surface area contributed by atoms with Gasteiger partial charge < -0.3 is 29.6 Å². The maximum Gasteiger partial charge on any atom is 0.319 e. The van der Waals surface area contributed by atoms with E-state index in [-0.39, 0.29) is 12.8 Å². The molecule has 0 fully saturated rings. The van der Waals surface area contributed by atoms with Crippen molar-refractivity contribution in [1.29, 1.82) is 0 Å². The van der Waals surface area contributed by atoms with Crippen LogP contribution < -0.4 is 24.8 Å². The summed E-state index contributed by atoms with van der Waals surface area (Å²) in [5.74, 6) is 1.92. The molecule has 1 aromatic heterocycles. The molecule has 0 unspecified atom stereocenters. The molecule has 0 atom stereocenters. The number of fused-ring (bicyclic) bond motifs is 1. The molecule has 2 N–H and O–H groups in total. The Kier molecular flexibility index (Phi) is 6.10. The van der Waals surface area contributed by atoms with Gasteiger partial charge in [-0.25, -0.2) is 9.78 Å². The van der Waals surface area contributed by atoms with Crippen LogP contribution in [0, 0.1) is 0 Å². The highest BCUT2D eigenvalue weighted by molar-refractivity contribution is 5.89. The van der Waals surface area contributed by atoms with Gasteiger partial charge in [0.05, 0.1) is 6.61 Å². The molecule has 0 saturated heterocycles. The first-order chi connectivity index (χ1) is 12.7. The summed E-state index contributed by atoms with van der Waals surface area (Å²) >= 11 is 0. The lowest BCUT2D eigenvalue weighted by atomic mass is 10.1. The normalized spacial score (nSPS) is 11.9. The number of nitrogens with one attached hydrogen (secondary N) is 2. The molecule has 138 valence electrons. The number of pyridine rings is 1. The molecule has 1 aromatic carbocycles. The maximum absolute atomic E-state index is 12.0. The molecule has 26 heavy (non-hydrogen) atoms. The minimum atomic E-state index is -0.292. The van der Waals surface area contributed by atoms with Gasteiger partial charge in [-0.3, -0.25) is 0 Å². The molecule has 3 rings (SSSR count). The monoisotopic (exact) mass is 359 g/mol. The Balaban J connectivity index is 1.43. The molecule has 8 nitrogen and oxygen atoms in total. The summed E-state index contributed by atoms with van der Waals surface area (Å²) in [5, 5.41) is 5.57. The van der Waals surface area contributed by atoms with Crippen molar-refractivity contribution in [2.45, 2.75) is 6.42 Å². The van der Waals surface area contributed by atoms with Crippen LogP contribution in [0.2, 0.25) is 0 Å². The molecule has 8 heteroatoms. The van der Waals surface area contributed by atoms with E-state index in [1.807, 2.05) is 18.2 Å². The Morgan fingerprint density at radius 2 is 2.08 bits per heavy atom. The number of hydrogen-bond acceptors (Lipinski definition) is 6. The fourth-order valence-corrected chi connectivity index (χ4v) is 2.39. The number of benzene rings is 1. The lowest BCUT2D eigenvalue weighted by Crippen LogP contribution is -2.30. The predicted molar refractivity (Wildman–Crippen MR) is 94.9 cm³/mol. The third-order valence-corrected chi connectivity index (χ3v) is 3.67. The van der Waals surface area contributed by atoms with Crippen molar-refractivity contribution in [3.8, 4) is 17.4 Å². The number of methoxy groups -OCH3 is 1. The zero-order chi connectivity index (χ0) is 18.2. The fourth-order valence-electron chi connectivity index (χ4n) is 2.39. The van der Waals surface area contributed by atoms with Gasteiger partial charge in [-0.2, -0.15) is 0 Å². The van der Waals surface area contributed by atoms with Crippen LogP contribution in [0.4, 0.5) is 10.5 Å². The second-order valence-corrected chi connectivity index (χ2v) is 5.54. The van der Waals surface area contributed by atoms with E-state index in [4.69, 9.17) is 18.9 Å². The first kappa shape index (κ1) is 17.8. The average Bonchev–Trinajstić information content (AvgIpc) is 3.10. The molecule has 0 saturated carbocycles. The van der Waals surface area contributed by atoms with Crippen LogP contribution in [-0.2, 0) is 11.2 Å². The summed E-state index contributed by atoms with van der Waals surface area (Å²) in [6.45, 7) is 1.62. The largest absolute Gasteiger partial charge is 0.475 e. The number of urea groups is 1. The average molecular weight is 359 g/mol. The van der Waals surface area contributed by atoms with Crippen LogP contribution in [0.3, 0.4) is 0 Å². The lowest BCUT2D eigenvalue weighted by Gasteiger charge is -2.09. The fraction of sp³-hybridized carbons (Fsp3) is 0.333. The third kappa shape index (κ3) is 5.00. The van der Waals surface area contributed by atoms with Crippen LogP contribution in [0.25, 0.3) is 0 Å². The van der Waals surface area contributed by atoms with E-state index in [1.54, 1.807) is 25.4 Å². The van der Waals surface area contributed by atoms with E-state index in [0.717, 1.165) is 17.1 Å². The smallest absolute Gasteiger partial charge is 0.319 e. The summed E-state index contributed by atoms with van der Waals surface area (Å²) in [6.07, 6.45) is 2.26. The minimum absolute atomic E-state index is 0.253. The minimum Gasteiger partial charge on any atom is -0.475 e. The van der Waals surface area contributed by atoms with E-state index < -0.39 is 0 Å². The molecule has 0 bridgehead atoms. The molecule has 1 aliphatic rings. The number of rotatable bonds is 8. The van der Waals surface area contributed by atoms with Gasteiger partial charge in [0.2, 0.25) is 12.7 Å². The van der Waals surface area contributed by atoms with E-state index in [9.17, 15) is 4.79 Å². The van der Waals surface area contributed by atoms with Gasteiger partial charge >= 0.3 is 6.03 Å². The number of carbonyl (C=O) groups is 1. The van der Waals surface area contributed by atoms with Crippen LogP contribution in [0.5, 0.6) is 17.4 Å². The Bertz CT molecular complexity index is 753. The Morgan fingerprint density at radius 1 is 1.19 bits per heavy atom. The number of hydrogen-bond donors (Lipinski definition) is 2. The SMILES string of the molecule is COCCOc1cc(NC(=O)NCCc2ccc3c(c2)OCO3)ccn1. The Morgan fingerprint density at radius 3 is 2.96 bits per heavy atom. The van der Waals surface area contributed by atoms with Crippen molar-refractivity contribution >= 4 is 11.7 Å². The Labute approximate surface area is 151 Å². The Hall–Kier alpha value is -3.00. The second kappa shape index (κ2) is 8.91. The molecule has 2 heterocycles. The molecule has 0 spiro atoms. The molecule has 1 aliphatic heterocycles. The molecule has 0 radical (unpaired) electrons. The van der Waals surface area contributed by atoms with Crippen LogP contribution in [-0.4, -0.2) is 44.7 Å². The van der Waals surface area contributed by atoms with Gasteiger partial charge in [0.25, 0.3) is 0 Å². The summed E-state index contributed by atoms with van der Waals surface area (Å²) < 4.78 is 21.0. The summed E-state index contributed by atoms with van der Waals surface area (Å²) in [7, 11) is 1.60. The van der Waals surface area contributed by atoms with Gasteiger partial charge in [-0.15, -0.1) is 0 Å². The van der Waals surface area contributed by atoms with E-state index in [0.29, 0.717) is 37.7 Å². The first-order valence-corrected chi connectivity index (χ1v) is 8.26. The number of ether oxygens (including phenoxy) is 4. The van der Waals surface area contributed by atoms with E-state index in [1.165, 1.54) is 0 Å². The van der Waals surface area contributed by atoms with Gasteiger partial charge in [-0.1, -0.05) is 6.07 Å². The van der Waals surface area contributed by atoms with E-state index in [2.05, 4.69) is 15.6 Å². The number of carbonyl (C=O) groups excluding carboxylic acids is 1. The summed E-state index contributed by atoms with van der Waals surface area (Å²) in [4.78, 5) is 16.1. The van der Waals surface area contributed by atoms with E-state index >= 15 is 0 Å². The maximum atomic E-state index is 12.0. The lowest BCUT2D eigenvalue weighted by molar-refractivity contribution is 0.144. The zero-order valence-electron chi connectivity index (χ0n) is 14.5. The van der Waals surface area contributed by atoms with Crippen LogP contribution in [0.1, 0.15) is 5.56 Å². The van der Waals surface area contributed by atoms with Crippen molar-refractivity contribution < 1.29 is 23.7 Å². The highest BCUT2D eigenvalue weighted by atomic mass is 16.7.